The highest BCUT2D eigenvalue weighted by atomic mass is 16.5. The minimum Gasteiger partial charge on any atom is -0.427 e. The summed E-state index contributed by atoms with van der Waals surface area (Å²) in [5.74, 6) is 0.282. The lowest BCUT2D eigenvalue weighted by Gasteiger charge is -2.03. The molecule has 3 nitrogen and oxygen atoms in total. The van der Waals surface area contributed by atoms with Crippen molar-refractivity contribution in [2.45, 2.75) is 123 Å². The zero-order valence-corrected chi connectivity index (χ0v) is 23.1. The fourth-order valence-corrected chi connectivity index (χ4v) is 4.58. The first-order valence-electron chi connectivity index (χ1n) is 14.6. The van der Waals surface area contributed by atoms with Gasteiger partial charge in [0.2, 0.25) is 0 Å². The van der Waals surface area contributed by atoms with E-state index in [4.69, 9.17) is 4.74 Å². The number of ether oxygens (including phenoxy) is 1. The van der Waals surface area contributed by atoms with Gasteiger partial charge in [0.25, 0.3) is 0 Å². The van der Waals surface area contributed by atoms with Crippen molar-refractivity contribution in [1.29, 1.82) is 0 Å². The lowest BCUT2D eigenvalue weighted by Crippen LogP contribution is -2.32. The Balaban J connectivity index is 1.45. The van der Waals surface area contributed by atoms with E-state index in [1.807, 2.05) is 24.3 Å². The van der Waals surface area contributed by atoms with Crippen molar-refractivity contribution in [3.63, 3.8) is 0 Å². The monoisotopic (exact) mass is 492 g/mol. The summed E-state index contributed by atoms with van der Waals surface area (Å²) >= 11 is 0. The Labute approximate surface area is 221 Å². The minimum absolute atomic E-state index is 0.296. The predicted molar refractivity (Wildman–Crippen MR) is 153 cm³/mol. The van der Waals surface area contributed by atoms with Gasteiger partial charge in [-0.25, -0.2) is 4.57 Å². The van der Waals surface area contributed by atoms with E-state index < -0.39 is 0 Å². The van der Waals surface area contributed by atoms with Gasteiger partial charge in [-0.05, 0) is 29.7 Å². The van der Waals surface area contributed by atoms with Crippen molar-refractivity contribution in [2.24, 2.45) is 0 Å². The van der Waals surface area contributed by atoms with Crippen molar-refractivity contribution >= 4 is 18.1 Å². The Morgan fingerprint density at radius 3 is 1.50 bits per heavy atom. The molecule has 1 heterocycles. The first-order chi connectivity index (χ1) is 17.7. The van der Waals surface area contributed by atoms with Crippen LogP contribution in [0.2, 0.25) is 0 Å². The van der Waals surface area contributed by atoms with Crippen LogP contribution < -0.4 is 9.30 Å². The fourth-order valence-electron chi connectivity index (χ4n) is 4.58. The van der Waals surface area contributed by atoms with Gasteiger partial charge in [-0.3, -0.25) is 4.79 Å². The average Bonchev–Trinajstić information content (AvgIpc) is 2.88. The average molecular weight is 493 g/mol. The quantitative estimate of drug-likeness (QED) is 0.0797. The second kappa shape index (κ2) is 19.7. The van der Waals surface area contributed by atoms with E-state index >= 15 is 0 Å². The van der Waals surface area contributed by atoms with Crippen molar-refractivity contribution in [2.75, 3.05) is 0 Å². The molecule has 0 N–H and O–H groups in total. The summed E-state index contributed by atoms with van der Waals surface area (Å²) in [5, 5.41) is 0. The number of rotatable bonds is 20. The number of aromatic nitrogens is 1. The summed E-state index contributed by atoms with van der Waals surface area (Å²) in [5.41, 5.74) is 2.26. The molecule has 1 aromatic carbocycles. The fraction of sp³-hybridized carbons (Fsp3) is 0.576. The van der Waals surface area contributed by atoms with Crippen LogP contribution in [0.15, 0.2) is 48.8 Å². The zero-order chi connectivity index (χ0) is 25.7. The summed E-state index contributed by atoms with van der Waals surface area (Å²) < 4.78 is 7.36. The highest BCUT2D eigenvalue weighted by Crippen LogP contribution is 2.15. The molecule has 0 bridgehead atoms. The van der Waals surface area contributed by atoms with Crippen LogP contribution in [0.3, 0.4) is 0 Å². The number of carbonyl (C=O) groups excluding carboxylic acids is 1. The molecule has 36 heavy (non-hydrogen) atoms. The standard InChI is InChI=1S/C33H50NO2/c1-3-4-5-6-7-8-9-10-11-12-13-14-15-16-17-18-27-34-28-25-32(26-29-34)20-19-31-21-23-33(24-22-31)36-30(2)35/h19-26,28-29H,3-18,27H2,1-2H3/q+1. The lowest BCUT2D eigenvalue weighted by atomic mass is 10.0. The van der Waals surface area contributed by atoms with Crippen LogP contribution in [0.4, 0.5) is 0 Å². The second-order valence-corrected chi connectivity index (χ2v) is 10.2. The SMILES string of the molecule is CCCCCCCCCCCCCCCCCC[n+]1ccc(C=Cc2ccc(OC(C)=O)cc2)cc1. The molecule has 0 fully saturated rings. The number of nitrogens with zero attached hydrogens (tertiary/aromatic N) is 1. The Morgan fingerprint density at radius 2 is 1.06 bits per heavy atom. The van der Waals surface area contributed by atoms with Crippen LogP contribution in [0.25, 0.3) is 12.2 Å². The van der Waals surface area contributed by atoms with Gasteiger partial charge in [0.1, 0.15) is 12.3 Å². The van der Waals surface area contributed by atoms with Crippen LogP contribution >= 0.6 is 0 Å². The molecular formula is C33H50NO2+. The zero-order valence-electron chi connectivity index (χ0n) is 23.1. The maximum absolute atomic E-state index is 11.0. The Bertz CT molecular complexity index is 839. The number of esters is 1. The molecule has 0 spiro atoms. The summed E-state index contributed by atoms with van der Waals surface area (Å²) in [6.07, 6.45) is 31.1. The molecule has 0 saturated carbocycles. The van der Waals surface area contributed by atoms with E-state index in [2.05, 4.69) is 48.2 Å². The summed E-state index contributed by atoms with van der Waals surface area (Å²) in [4.78, 5) is 11.0. The third-order valence-corrected chi connectivity index (χ3v) is 6.80. The third-order valence-electron chi connectivity index (χ3n) is 6.80. The topological polar surface area (TPSA) is 30.2 Å². The molecular weight excluding hydrogens is 442 g/mol. The van der Waals surface area contributed by atoms with Gasteiger partial charge in [0.15, 0.2) is 12.4 Å². The van der Waals surface area contributed by atoms with E-state index in [1.54, 1.807) is 0 Å². The van der Waals surface area contributed by atoms with Gasteiger partial charge in [0.05, 0.1) is 0 Å². The third kappa shape index (κ3) is 14.9. The first-order valence-corrected chi connectivity index (χ1v) is 14.6. The molecule has 1 aromatic heterocycles. The molecule has 0 saturated heterocycles. The van der Waals surface area contributed by atoms with Gasteiger partial charge in [-0.15, -0.1) is 0 Å². The predicted octanol–water partition coefficient (Wildman–Crippen LogP) is 9.33. The summed E-state index contributed by atoms with van der Waals surface area (Å²) in [7, 11) is 0. The molecule has 0 unspecified atom stereocenters. The van der Waals surface area contributed by atoms with E-state index in [1.165, 1.54) is 115 Å². The molecule has 0 aliphatic carbocycles. The first kappa shape index (κ1) is 29.8. The molecule has 3 heteroatoms. The second-order valence-electron chi connectivity index (χ2n) is 10.2. The van der Waals surface area contributed by atoms with Gasteiger partial charge in [-0.1, -0.05) is 121 Å². The van der Waals surface area contributed by atoms with E-state index in [0.29, 0.717) is 5.75 Å². The maximum atomic E-state index is 11.0. The van der Waals surface area contributed by atoms with Crippen LogP contribution in [-0.4, -0.2) is 5.97 Å². The molecule has 0 atom stereocenters. The number of pyridine rings is 1. The van der Waals surface area contributed by atoms with Crippen LogP contribution in [-0.2, 0) is 11.3 Å². The number of aryl methyl sites for hydroxylation is 1. The van der Waals surface area contributed by atoms with Crippen molar-refractivity contribution < 1.29 is 14.1 Å². The smallest absolute Gasteiger partial charge is 0.308 e. The highest BCUT2D eigenvalue weighted by Gasteiger charge is 2.01. The van der Waals surface area contributed by atoms with E-state index in [-0.39, 0.29) is 5.97 Å². The van der Waals surface area contributed by atoms with Crippen molar-refractivity contribution in [3.8, 4) is 5.75 Å². The van der Waals surface area contributed by atoms with E-state index in [0.717, 1.165) is 12.1 Å². The highest BCUT2D eigenvalue weighted by molar-refractivity contribution is 5.71. The maximum Gasteiger partial charge on any atom is 0.308 e. The van der Waals surface area contributed by atoms with Gasteiger partial charge in [0, 0.05) is 25.5 Å². The number of hydrogen-bond donors (Lipinski definition) is 0. The lowest BCUT2D eigenvalue weighted by molar-refractivity contribution is -0.697. The molecule has 198 valence electrons. The largest absolute Gasteiger partial charge is 0.427 e. The number of benzene rings is 1. The molecule has 0 aliphatic rings. The van der Waals surface area contributed by atoms with Crippen molar-refractivity contribution in [1.82, 2.24) is 0 Å². The number of hydrogen-bond acceptors (Lipinski definition) is 2. The van der Waals surface area contributed by atoms with Crippen LogP contribution in [0.5, 0.6) is 5.75 Å². The Kier molecular flexibility index (Phi) is 16.3. The molecule has 0 radical (unpaired) electrons. The minimum atomic E-state index is -0.296. The van der Waals surface area contributed by atoms with Crippen LogP contribution in [0.1, 0.15) is 128 Å². The molecule has 0 aliphatic heterocycles. The molecule has 0 amide bonds. The Morgan fingerprint density at radius 1 is 0.639 bits per heavy atom. The number of unbranched alkanes of at least 4 members (excludes halogenated alkanes) is 15. The molecule has 2 aromatic rings. The number of carbonyl (C=O) groups is 1. The summed E-state index contributed by atoms with van der Waals surface area (Å²) in [6.45, 7) is 4.80. The van der Waals surface area contributed by atoms with Gasteiger partial charge in [-0.2, -0.15) is 0 Å². The molecule has 2 rings (SSSR count). The summed E-state index contributed by atoms with van der Waals surface area (Å²) in [6, 6.07) is 11.9. The van der Waals surface area contributed by atoms with Gasteiger partial charge >= 0.3 is 5.97 Å². The van der Waals surface area contributed by atoms with Crippen molar-refractivity contribution in [3.05, 3.63) is 59.9 Å². The Hall–Kier alpha value is -2.42. The van der Waals surface area contributed by atoms with Crippen LogP contribution in [0, 0.1) is 0 Å². The van der Waals surface area contributed by atoms with Gasteiger partial charge < -0.3 is 4.74 Å². The normalized spacial score (nSPS) is 11.3. The van der Waals surface area contributed by atoms with E-state index in [9.17, 15) is 4.79 Å².